The van der Waals surface area contributed by atoms with Crippen LogP contribution in [0.1, 0.15) is 47.7 Å². The number of hydrogen-bond acceptors (Lipinski definition) is 5. The van der Waals surface area contributed by atoms with Gasteiger partial charge in [-0.3, -0.25) is 19.1 Å². The first-order valence-corrected chi connectivity index (χ1v) is 9.48. The molecule has 28 heavy (non-hydrogen) atoms. The van der Waals surface area contributed by atoms with Crippen LogP contribution < -0.4 is 5.69 Å². The first kappa shape index (κ1) is 18.2. The van der Waals surface area contributed by atoms with Crippen molar-refractivity contribution in [1.29, 1.82) is 0 Å². The van der Waals surface area contributed by atoms with E-state index in [1.165, 1.54) is 0 Å². The molecule has 1 amide bonds. The zero-order valence-electron chi connectivity index (χ0n) is 16.3. The van der Waals surface area contributed by atoms with Gasteiger partial charge >= 0.3 is 5.69 Å². The second kappa shape index (κ2) is 7.10. The average Bonchev–Trinajstić information content (AvgIpc) is 3.41. The molecule has 2 N–H and O–H groups in total. The van der Waals surface area contributed by atoms with Crippen molar-refractivity contribution >= 4 is 5.91 Å². The number of H-pyrrole nitrogens is 2. The lowest BCUT2D eigenvalue weighted by atomic mass is 9.96. The summed E-state index contributed by atoms with van der Waals surface area (Å²) in [6.45, 7) is 5.65. The Hall–Kier alpha value is -3.17. The molecule has 1 aliphatic rings. The second-order valence-corrected chi connectivity index (χ2v) is 7.16. The zero-order valence-corrected chi connectivity index (χ0v) is 16.3. The first-order valence-electron chi connectivity index (χ1n) is 9.48. The number of nitrogens with one attached hydrogen (secondary N) is 2. The van der Waals surface area contributed by atoms with Crippen LogP contribution in [0.3, 0.4) is 0 Å². The Bertz CT molecular complexity index is 1060. The van der Waals surface area contributed by atoms with Crippen LogP contribution in [0, 0.1) is 6.92 Å². The molecule has 1 atom stereocenters. The number of aromatic nitrogens is 7. The van der Waals surface area contributed by atoms with Gasteiger partial charge in [0.2, 0.25) is 0 Å². The van der Waals surface area contributed by atoms with Crippen LogP contribution in [-0.2, 0) is 13.6 Å². The lowest BCUT2D eigenvalue weighted by molar-refractivity contribution is 0.0697. The van der Waals surface area contributed by atoms with Crippen molar-refractivity contribution in [3.05, 3.63) is 40.0 Å². The minimum Gasteiger partial charge on any atom is -0.337 e. The van der Waals surface area contributed by atoms with Crippen molar-refractivity contribution in [2.75, 3.05) is 13.1 Å². The fraction of sp³-hybridized carbons (Fsp3) is 0.500. The monoisotopic (exact) mass is 384 g/mol. The minimum absolute atomic E-state index is 0.0413. The Labute approximate surface area is 161 Å². The van der Waals surface area contributed by atoms with E-state index >= 15 is 0 Å². The summed E-state index contributed by atoms with van der Waals surface area (Å²) in [5, 5.41) is 18.1. The molecule has 4 heterocycles. The number of piperidine rings is 1. The molecule has 0 aliphatic carbocycles. The summed E-state index contributed by atoms with van der Waals surface area (Å²) in [6, 6.07) is 1.77. The lowest BCUT2D eigenvalue weighted by Crippen LogP contribution is -2.40. The normalized spacial score (nSPS) is 17.2. The molecule has 0 bridgehead atoms. The highest BCUT2D eigenvalue weighted by Gasteiger charge is 2.29. The van der Waals surface area contributed by atoms with Crippen LogP contribution in [0.15, 0.2) is 17.1 Å². The van der Waals surface area contributed by atoms with Gasteiger partial charge in [-0.2, -0.15) is 15.3 Å². The number of aromatic amines is 2. The Balaban J connectivity index is 1.53. The van der Waals surface area contributed by atoms with Crippen LogP contribution in [0.2, 0.25) is 0 Å². The van der Waals surface area contributed by atoms with Crippen molar-refractivity contribution in [3.8, 4) is 11.3 Å². The van der Waals surface area contributed by atoms with E-state index in [0.29, 0.717) is 31.0 Å². The van der Waals surface area contributed by atoms with Crippen molar-refractivity contribution < 1.29 is 4.79 Å². The topological polar surface area (TPSA) is 117 Å². The highest BCUT2D eigenvalue weighted by molar-refractivity contribution is 5.93. The summed E-state index contributed by atoms with van der Waals surface area (Å²) in [5.41, 5.74) is 2.84. The number of carbonyl (C=O) groups excluding carboxylic acids is 1. The van der Waals surface area contributed by atoms with E-state index in [2.05, 4.69) is 25.5 Å². The summed E-state index contributed by atoms with van der Waals surface area (Å²) in [6.07, 6.45) is 3.51. The van der Waals surface area contributed by atoms with Gasteiger partial charge in [-0.05, 0) is 32.8 Å². The number of carbonyl (C=O) groups is 1. The molecule has 10 heteroatoms. The Morgan fingerprint density at radius 3 is 2.86 bits per heavy atom. The number of amides is 1. The Morgan fingerprint density at radius 2 is 2.14 bits per heavy atom. The molecule has 3 aromatic rings. The van der Waals surface area contributed by atoms with Gasteiger partial charge in [-0.15, -0.1) is 0 Å². The maximum Gasteiger partial charge on any atom is 0.343 e. The van der Waals surface area contributed by atoms with Gasteiger partial charge in [-0.1, -0.05) is 0 Å². The minimum atomic E-state index is -0.203. The van der Waals surface area contributed by atoms with Gasteiger partial charge < -0.3 is 4.90 Å². The SMILES string of the molecule is CCn1c([C@H]2CCCN(C(=O)c3cc(-c4cnn(C)c4C)n[nH]3)C2)n[nH]c1=O. The molecular formula is C18H24N8O2. The van der Waals surface area contributed by atoms with Crippen LogP contribution in [0.25, 0.3) is 11.3 Å². The summed E-state index contributed by atoms with van der Waals surface area (Å²) < 4.78 is 3.41. The van der Waals surface area contributed by atoms with E-state index in [-0.39, 0.29) is 17.5 Å². The molecule has 10 nitrogen and oxygen atoms in total. The molecule has 0 unspecified atom stereocenters. The molecule has 1 aliphatic heterocycles. The van der Waals surface area contributed by atoms with Crippen molar-refractivity contribution in [3.63, 3.8) is 0 Å². The molecule has 1 fully saturated rings. The quantitative estimate of drug-likeness (QED) is 0.697. The fourth-order valence-corrected chi connectivity index (χ4v) is 3.81. The summed E-state index contributed by atoms with van der Waals surface area (Å²) in [5.74, 6) is 0.673. The van der Waals surface area contributed by atoms with Gasteiger partial charge in [0, 0.05) is 43.9 Å². The molecule has 0 saturated carbocycles. The molecule has 4 rings (SSSR count). The lowest BCUT2D eigenvalue weighted by Gasteiger charge is -2.31. The number of aryl methyl sites for hydroxylation is 1. The maximum absolute atomic E-state index is 13.0. The molecule has 1 saturated heterocycles. The molecule has 0 radical (unpaired) electrons. The third-order valence-corrected chi connectivity index (χ3v) is 5.50. The summed E-state index contributed by atoms with van der Waals surface area (Å²) in [7, 11) is 1.87. The fourth-order valence-electron chi connectivity index (χ4n) is 3.81. The van der Waals surface area contributed by atoms with Gasteiger partial charge in [-0.25, -0.2) is 9.89 Å². The van der Waals surface area contributed by atoms with Crippen LogP contribution in [0.4, 0.5) is 0 Å². The Kier molecular flexibility index (Phi) is 4.62. The highest BCUT2D eigenvalue weighted by Crippen LogP contribution is 2.27. The second-order valence-electron chi connectivity index (χ2n) is 7.16. The van der Waals surface area contributed by atoms with E-state index in [0.717, 1.165) is 29.9 Å². The van der Waals surface area contributed by atoms with Gasteiger partial charge in [0.25, 0.3) is 5.91 Å². The summed E-state index contributed by atoms with van der Waals surface area (Å²) in [4.78, 5) is 26.7. The van der Waals surface area contributed by atoms with E-state index in [1.807, 2.05) is 20.9 Å². The molecule has 3 aromatic heterocycles. The van der Waals surface area contributed by atoms with Crippen LogP contribution in [0.5, 0.6) is 0 Å². The summed E-state index contributed by atoms with van der Waals surface area (Å²) >= 11 is 0. The third-order valence-electron chi connectivity index (χ3n) is 5.50. The first-order chi connectivity index (χ1) is 13.5. The number of hydrogen-bond donors (Lipinski definition) is 2. The van der Waals surface area contributed by atoms with Crippen molar-refractivity contribution in [2.24, 2.45) is 7.05 Å². The largest absolute Gasteiger partial charge is 0.343 e. The predicted octanol–water partition coefficient (Wildman–Crippen LogP) is 1.04. The van der Waals surface area contributed by atoms with E-state index in [4.69, 9.17) is 0 Å². The Morgan fingerprint density at radius 1 is 1.32 bits per heavy atom. The molecular weight excluding hydrogens is 360 g/mol. The number of rotatable bonds is 4. The average molecular weight is 384 g/mol. The maximum atomic E-state index is 13.0. The van der Waals surface area contributed by atoms with Gasteiger partial charge in [0.1, 0.15) is 11.5 Å². The van der Waals surface area contributed by atoms with Crippen LogP contribution >= 0.6 is 0 Å². The standard InChI is InChI=1S/C18H24N8O2/c1-4-26-16(22-23-18(26)28)12-6-5-7-25(10-12)17(27)15-8-14(20-21-15)13-9-19-24(3)11(13)2/h8-9,12H,4-7,10H2,1-3H3,(H,20,21)(H,23,28)/t12-/m0/s1. The molecule has 0 aromatic carbocycles. The predicted molar refractivity (Wildman–Crippen MR) is 102 cm³/mol. The molecule has 148 valence electrons. The smallest absolute Gasteiger partial charge is 0.337 e. The van der Waals surface area contributed by atoms with E-state index in [9.17, 15) is 9.59 Å². The molecule has 0 spiro atoms. The van der Waals surface area contributed by atoms with Crippen LogP contribution in [-0.4, -0.2) is 58.6 Å². The van der Waals surface area contributed by atoms with Gasteiger partial charge in [0.15, 0.2) is 0 Å². The van der Waals surface area contributed by atoms with E-state index in [1.54, 1.807) is 26.4 Å². The van der Waals surface area contributed by atoms with Gasteiger partial charge in [0.05, 0.1) is 11.9 Å². The zero-order chi connectivity index (χ0) is 19.8. The highest BCUT2D eigenvalue weighted by atomic mass is 16.2. The number of nitrogens with zero attached hydrogens (tertiary/aromatic N) is 6. The number of likely N-dealkylation sites (tertiary alicyclic amines) is 1. The third kappa shape index (κ3) is 3.04. The van der Waals surface area contributed by atoms with E-state index < -0.39 is 0 Å². The van der Waals surface area contributed by atoms with Crippen molar-refractivity contribution in [2.45, 2.75) is 39.2 Å². The van der Waals surface area contributed by atoms with Crippen molar-refractivity contribution in [1.82, 2.24) is 39.6 Å².